The Kier molecular flexibility index (Phi) is 5.03. The van der Waals surface area contributed by atoms with Crippen molar-refractivity contribution in [2.75, 3.05) is 6.54 Å². The SMILES string of the molecule is CCCNC(c1ccc(CC)o1)c1ccc(Br)s1. The summed E-state index contributed by atoms with van der Waals surface area (Å²) in [5.74, 6) is 2.05. The molecule has 18 heavy (non-hydrogen) atoms. The Bertz CT molecular complexity index is 491. The van der Waals surface area contributed by atoms with Gasteiger partial charge in [-0.05, 0) is 53.2 Å². The van der Waals surface area contributed by atoms with Crippen molar-refractivity contribution in [3.8, 4) is 0 Å². The van der Waals surface area contributed by atoms with E-state index in [1.807, 2.05) is 0 Å². The summed E-state index contributed by atoms with van der Waals surface area (Å²) in [5, 5.41) is 3.55. The second-order valence-corrected chi connectivity index (χ2v) is 6.68. The summed E-state index contributed by atoms with van der Waals surface area (Å²) < 4.78 is 7.04. The molecule has 4 heteroatoms. The number of halogens is 1. The van der Waals surface area contributed by atoms with Crippen LogP contribution in [0, 0.1) is 0 Å². The van der Waals surface area contributed by atoms with E-state index in [2.05, 4.69) is 59.4 Å². The van der Waals surface area contributed by atoms with Crippen LogP contribution < -0.4 is 5.32 Å². The Morgan fingerprint density at radius 2 is 2.11 bits per heavy atom. The van der Waals surface area contributed by atoms with Crippen molar-refractivity contribution in [2.24, 2.45) is 0 Å². The van der Waals surface area contributed by atoms with Crippen molar-refractivity contribution in [3.63, 3.8) is 0 Å². The molecule has 2 aromatic rings. The summed E-state index contributed by atoms with van der Waals surface area (Å²) in [4.78, 5) is 1.28. The maximum absolute atomic E-state index is 5.88. The lowest BCUT2D eigenvalue weighted by Crippen LogP contribution is -2.21. The van der Waals surface area contributed by atoms with E-state index in [0.717, 1.165) is 34.7 Å². The molecule has 0 bridgehead atoms. The molecule has 0 amide bonds. The Balaban J connectivity index is 2.24. The van der Waals surface area contributed by atoms with E-state index in [4.69, 9.17) is 4.42 Å². The molecule has 1 atom stereocenters. The van der Waals surface area contributed by atoms with Gasteiger partial charge in [0.15, 0.2) is 0 Å². The average Bonchev–Trinajstić information content (AvgIpc) is 2.99. The normalized spacial score (nSPS) is 12.8. The quantitative estimate of drug-likeness (QED) is 0.827. The van der Waals surface area contributed by atoms with Gasteiger partial charge >= 0.3 is 0 Å². The number of hydrogen-bond acceptors (Lipinski definition) is 3. The molecule has 1 unspecified atom stereocenters. The second-order valence-electron chi connectivity index (χ2n) is 4.19. The lowest BCUT2D eigenvalue weighted by atomic mass is 10.2. The fraction of sp³-hybridized carbons (Fsp3) is 0.429. The van der Waals surface area contributed by atoms with Crippen LogP contribution in [0.2, 0.25) is 0 Å². The maximum Gasteiger partial charge on any atom is 0.126 e. The smallest absolute Gasteiger partial charge is 0.126 e. The highest BCUT2D eigenvalue weighted by molar-refractivity contribution is 9.11. The third-order valence-corrected chi connectivity index (χ3v) is 4.48. The third kappa shape index (κ3) is 3.25. The molecular formula is C14H18BrNOS. The highest BCUT2D eigenvalue weighted by atomic mass is 79.9. The number of aryl methyl sites for hydroxylation is 1. The molecule has 1 N–H and O–H groups in total. The van der Waals surface area contributed by atoms with Gasteiger partial charge in [-0.1, -0.05) is 13.8 Å². The van der Waals surface area contributed by atoms with E-state index in [1.54, 1.807) is 11.3 Å². The first-order chi connectivity index (χ1) is 8.74. The molecule has 0 aliphatic rings. The lowest BCUT2D eigenvalue weighted by molar-refractivity contribution is 0.424. The summed E-state index contributed by atoms with van der Waals surface area (Å²) in [6.07, 6.45) is 2.05. The van der Waals surface area contributed by atoms with Crippen molar-refractivity contribution in [1.82, 2.24) is 5.32 Å². The number of hydrogen-bond donors (Lipinski definition) is 1. The van der Waals surface area contributed by atoms with E-state index in [1.165, 1.54) is 4.88 Å². The van der Waals surface area contributed by atoms with Gasteiger partial charge < -0.3 is 9.73 Å². The molecule has 98 valence electrons. The van der Waals surface area contributed by atoms with Crippen LogP contribution in [0.25, 0.3) is 0 Å². The van der Waals surface area contributed by atoms with Crippen LogP contribution in [0.4, 0.5) is 0 Å². The second kappa shape index (κ2) is 6.55. The van der Waals surface area contributed by atoms with Gasteiger partial charge in [0.2, 0.25) is 0 Å². The van der Waals surface area contributed by atoms with Gasteiger partial charge in [0.05, 0.1) is 3.79 Å². The minimum Gasteiger partial charge on any atom is -0.464 e. The van der Waals surface area contributed by atoms with Gasteiger partial charge in [0, 0.05) is 11.3 Å². The van der Waals surface area contributed by atoms with Crippen LogP contribution >= 0.6 is 27.3 Å². The van der Waals surface area contributed by atoms with E-state index >= 15 is 0 Å². The molecule has 2 rings (SSSR count). The fourth-order valence-corrected chi connectivity index (χ4v) is 3.36. The molecule has 2 heterocycles. The van der Waals surface area contributed by atoms with Gasteiger partial charge in [-0.25, -0.2) is 0 Å². The van der Waals surface area contributed by atoms with E-state index < -0.39 is 0 Å². The summed E-state index contributed by atoms with van der Waals surface area (Å²) in [5.41, 5.74) is 0. The van der Waals surface area contributed by atoms with Crippen molar-refractivity contribution in [2.45, 2.75) is 32.7 Å². The van der Waals surface area contributed by atoms with Crippen molar-refractivity contribution < 1.29 is 4.42 Å². The van der Waals surface area contributed by atoms with Gasteiger partial charge in [-0.3, -0.25) is 0 Å². The van der Waals surface area contributed by atoms with E-state index in [9.17, 15) is 0 Å². The minimum absolute atomic E-state index is 0.168. The molecular weight excluding hydrogens is 310 g/mol. The highest BCUT2D eigenvalue weighted by Crippen LogP contribution is 2.32. The van der Waals surface area contributed by atoms with Crippen LogP contribution in [0.1, 0.15) is 42.7 Å². The molecule has 0 aliphatic heterocycles. The van der Waals surface area contributed by atoms with Crippen LogP contribution in [0.15, 0.2) is 32.5 Å². The molecule has 0 spiro atoms. The molecule has 2 aromatic heterocycles. The largest absolute Gasteiger partial charge is 0.464 e. The molecule has 2 nitrogen and oxygen atoms in total. The van der Waals surface area contributed by atoms with Crippen LogP contribution in [0.3, 0.4) is 0 Å². The topological polar surface area (TPSA) is 25.2 Å². The monoisotopic (exact) mass is 327 g/mol. The summed E-state index contributed by atoms with van der Waals surface area (Å²) >= 11 is 5.27. The molecule has 0 radical (unpaired) electrons. The van der Waals surface area contributed by atoms with E-state index in [-0.39, 0.29) is 6.04 Å². The van der Waals surface area contributed by atoms with Crippen molar-refractivity contribution in [1.29, 1.82) is 0 Å². The Morgan fingerprint density at radius 3 is 2.67 bits per heavy atom. The van der Waals surface area contributed by atoms with Gasteiger partial charge in [-0.15, -0.1) is 11.3 Å². The average molecular weight is 328 g/mol. The first-order valence-corrected chi connectivity index (χ1v) is 7.92. The summed E-state index contributed by atoms with van der Waals surface area (Å²) in [7, 11) is 0. The maximum atomic E-state index is 5.88. The Labute approximate surface area is 121 Å². The molecule has 0 aromatic carbocycles. The Hall–Kier alpha value is -0.580. The van der Waals surface area contributed by atoms with Gasteiger partial charge in [0.25, 0.3) is 0 Å². The predicted molar refractivity (Wildman–Crippen MR) is 80.2 cm³/mol. The standard InChI is InChI=1S/C14H18BrNOS/c1-3-9-16-14(12-7-8-13(15)18-12)11-6-5-10(4-2)17-11/h5-8,14,16H,3-4,9H2,1-2H3. The fourth-order valence-electron chi connectivity index (χ4n) is 1.85. The third-order valence-electron chi connectivity index (χ3n) is 2.79. The van der Waals surface area contributed by atoms with Gasteiger partial charge in [-0.2, -0.15) is 0 Å². The highest BCUT2D eigenvalue weighted by Gasteiger charge is 2.18. The number of furan rings is 1. The van der Waals surface area contributed by atoms with Crippen molar-refractivity contribution in [3.05, 3.63) is 44.4 Å². The zero-order valence-electron chi connectivity index (χ0n) is 10.7. The zero-order valence-corrected chi connectivity index (χ0v) is 13.1. The first-order valence-electron chi connectivity index (χ1n) is 6.31. The molecule has 0 fully saturated rings. The van der Waals surface area contributed by atoms with Crippen LogP contribution in [-0.2, 0) is 6.42 Å². The first kappa shape index (κ1) is 13.8. The molecule has 0 saturated carbocycles. The molecule has 0 saturated heterocycles. The van der Waals surface area contributed by atoms with Crippen molar-refractivity contribution >= 4 is 27.3 Å². The predicted octanol–water partition coefficient (Wildman–Crippen LogP) is 4.76. The minimum atomic E-state index is 0.168. The zero-order chi connectivity index (χ0) is 13.0. The lowest BCUT2D eigenvalue weighted by Gasteiger charge is -2.14. The molecule has 0 aliphatic carbocycles. The Morgan fingerprint density at radius 1 is 1.28 bits per heavy atom. The van der Waals surface area contributed by atoms with Crippen LogP contribution in [0.5, 0.6) is 0 Å². The van der Waals surface area contributed by atoms with Gasteiger partial charge in [0.1, 0.15) is 17.6 Å². The number of rotatable bonds is 6. The van der Waals surface area contributed by atoms with E-state index in [0.29, 0.717) is 0 Å². The summed E-state index contributed by atoms with van der Waals surface area (Å²) in [6, 6.07) is 8.56. The number of nitrogens with one attached hydrogen (secondary N) is 1. The number of thiophene rings is 1. The van der Waals surface area contributed by atoms with Crippen LogP contribution in [-0.4, -0.2) is 6.54 Å². The summed E-state index contributed by atoms with van der Waals surface area (Å²) in [6.45, 7) is 5.27.